The van der Waals surface area contributed by atoms with Gasteiger partial charge >= 0.3 is 5.97 Å². The van der Waals surface area contributed by atoms with E-state index < -0.39 is 14.3 Å². The zero-order valence-corrected chi connectivity index (χ0v) is 17.4. The Morgan fingerprint density at radius 1 is 1.17 bits per heavy atom. The summed E-state index contributed by atoms with van der Waals surface area (Å²) in [6.07, 6.45) is 3.06. The van der Waals surface area contributed by atoms with Gasteiger partial charge in [-0.05, 0) is 52.3 Å². The smallest absolute Gasteiger partial charge is 0.330 e. The maximum Gasteiger partial charge on any atom is 0.330 e. The Morgan fingerprint density at radius 3 is 2.26 bits per heavy atom. The summed E-state index contributed by atoms with van der Waals surface area (Å²) in [6.45, 7) is 10.9. The van der Waals surface area contributed by atoms with Crippen LogP contribution in [0.25, 0.3) is 6.08 Å². The van der Waals surface area contributed by atoms with Crippen molar-refractivity contribution in [2.75, 3.05) is 14.2 Å². The number of hydrogen-bond acceptors (Lipinski definition) is 4. The number of carbonyl (C=O) groups is 1. The van der Waals surface area contributed by atoms with Crippen molar-refractivity contribution in [3.05, 3.63) is 28.2 Å². The van der Waals surface area contributed by atoms with E-state index in [4.69, 9.17) is 9.16 Å². The molecule has 0 bridgehead atoms. The lowest BCUT2D eigenvalue weighted by Crippen LogP contribution is -2.44. The predicted octanol–water partition coefficient (Wildman–Crippen LogP) is 5.03. The summed E-state index contributed by atoms with van der Waals surface area (Å²) in [7, 11) is 0.945. The number of hydrogen-bond donors (Lipinski definition) is 0. The zero-order chi connectivity index (χ0) is 17.8. The van der Waals surface area contributed by atoms with E-state index in [2.05, 4.69) is 54.5 Å². The number of benzene rings is 1. The van der Waals surface area contributed by atoms with Gasteiger partial charge in [0.2, 0.25) is 0 Å². The van der Waals surface area contributed by atoms with Crippen LogP contribution >= 0.6 is 15.9 Å². The first-order chi connectivity index (χ1) is 10.5. The minimum atomic E-state index is -2.00. The maximum absolute atomic E-state index is 11.4. The monoisotopic (exact) mass is 400 g/mol. The van der Waals surface area contributed by atoms with E-state index in [1.165, 1.54) is 13.2 Å². The lowest BCUT2D eigenvalue weighted by molar-refractivity contribution is -0.134. The molecular weight excluding hydrogens is 376 g/mol. The fraction of sp³-hybridized carbons (Fsp3) is 0.471. The standard InChI is InChI=1S/C17H25BrO4Si/c1-17(2,3)23(6,7)22-14-11-13(18)15(20-4)10-12(14)8-9-16(19)21-5/h8-11H,1-7H3. The Bertz CT molecular complexity index is 603. The van der Waals surface area contributed by atoms with Crippen molar-refractivity contribution in [1.29, 1.82) is 0 Å². The third-order valence-electron chi connectivity index (χ3n) is 4.06. The van der Waals surface area contributed by atoms with E-state index in [1.54, 1.807) is 13.2 Å². The quantitative estimate of drug-likeness (QED) is 0.395. The highest BCUT2D eigenvalue weighted by molar-refractivity contribution is 9.10. The van der Waals surface area contributed by atoms with Crippen LogP contribution in [0.4, 0.5) is 0 Å². The average Bonchev–Trinajstić information content (AvgIpc) is 2.44. The van der Waals surface area contributed by atoms with Gasteiger partial charge in [-0.15, -0.1) is 0 Å². The largest absolute Gasteiger partial charge is 0.543 e. The van der Waals surface area contributed by atoms with Crippen LogP contribution in [0.5, 0.6) is 11.5 Å². The normalized spacial score (nSPS) is 12.3. The fourth-order valence-corrected chi connectivity index (χ4v) is 3.10. The first kappa shape index (κ1) is 19.8. The van der Waals surface area contributed by atoms with Crippen molar-refractivity contribution in [1.82, 2.24) is 0 Å². The molecule has 1 aromatic rings. The van der Waals surface area contributed by atoms with Crippen LogP contribution in [0, 0.1) is 0 Å². The van der Waals surface area contributed by atoms with Crippen LogP contribution in [0.15, 0.2) is 22.7 Å². The SMILES string of the molecule is COC(=O)C=Cc1cc(OC)c(Br)cc1O[Si](C)(C)C(C)(C)C. The highest BCUT2D eigenvalue weighted by Gasteiger charge is 2.39. The Balaban J connectivity index is 3.31. The number of methoxy groups -OCH3 is 2. The number of esters is 1. The van der Waals surface area contributed by atoms with Crippen molar-refractivity contribution in [2.24, 2.45) is 0 Å². The van der Waals surface area contributed by atoms with Gasteiger partial charge in [-0.1, -0.05) is 20.8 Å². The summed E-state index contributed by atoms with van der Waals surface area (Å²) in [6, 6.07) is 3.72. The van der Waals surface area contributed by atoms with Crippen molar-refractivity contribution >= 4 is 36.3 Å². The Hall–Kier alpha value is -1.27. The number of rotatable bonds is 5. The van der Waals surface area contributed by atoms with E-state index in [-0.39, 0.29) is 5.04 Å². The molecule has 0 saturated heterocycles. The van der Waals surface area contributed by atoms with Crippen LogP contribution in [-0.2, 0) is 9.53 Å². The minimum Gasteiger partial charge on any atom is -0.543 e. The molecule has 0 unspecified atom stereocenters. The molecule has 0 radical (unpaired) electrons. The Labute approximate surface area is 148 Å². The van der Waals surface area contributed by atoms with Gasteiger partial charge in [0.05, 0.1) is 18.7 Å². The number of halogens is 1. The predicted molar refractivity (Wildman–Crippen MR) is 99.6 cm³/mol. The second kappa shape index (κ2) is 7.53. The van der Waals surface area contributed by atoms with Gasteiger partial charge in [0, 0.05) is 11.6 Å². The van der Waals surface area contributed by atoms with Crippen LogP contribution in [0.1, 0.15) is 26.3 Å². The topological polar surface area (TPSA) is 44.8 Å². The van der Waals surface area contributed by atoms with Gasteiger partial charge in [0.25, 0.3) is 8.32 Å². The molecule has 0 heterocycles. The Kier molecular flexibility index (Phi) is 6.47. The highest BCUT2D eigenvalue weighted by Crippen LogP contribution is 2.41. The van der Waals surface area contributed by atoms with Gasteiger partial charge in [-0.3, -0.25) is 0 Å². The summed E-state index contributed by atoms with van der Waals surface area (Å²) in [5.74, 6) is 0.992. The molecule has 4 nitrogen and oxygen atoms in total. The van der Waals surface area contributed by atoms with E-state index in [0.29, 0.717) is 5.75 Å². The molecule has 1 aromatic carbocycles. The molecule has 6 heteroatoms. The van der Waals surface area contributed by atoms with E-state index >= 15 is 0 Å². The second-order valence-corrected chi connectivity index (χ2v) is 12.3. The van der Waals surface area contributed by atoms with Crippen LogP contribution in [0.2, 0.25) is 18.1 Å². The minimum absolute atomic E-state index is 0.0722. The fourth-order valence-electron chi connectivity index (χ4n) is 1.58. The molecule has 0 fully saturated rings. The molecule has 0 atom stereocenters. The lowest BCUT2D eigenvalue weighted by Gasteiger charge is -2.37. The number of ether oxygens (including phenoxy) is 2. The van der Waals surface area contributed by atoms with Gasteiger partial charge < -0.3 is 13.9 Å². The molecule has 0 aliphatic rings. The first-order valence-electron chi connectivity index (χ1n) is 7.34. The van der Waals surface area contributed by atoms with Crippen molar-refractivity contribution in [3.63, 3.8) is 0 Å². The van der Waals surface area contributed by atoms with Crippen LogP contribution < -0.4 is 9.16 Å². The van der Waals surface area contributed by atoms with E-state index in [9.17, 15) is 4.79 Å². The molecule has 128 valence electrons. The molecule has 0 aromatic heterocycles. The van der Waals surface area contributed by atoms with Crippen LogP contribution in [-0.4, -0.2) is 28.5 Å². The van der Waals surface area contributed by atoms with Gasteiger partial charge in [0.15, 0.2) is 0 Å². The van der Waals surface area contributed by atoms with Crippen molar-refractivity contribution in [3.8, 4) is 11.5 Å². The summed E-state index contributed by atoms with van der Waals surface area (Å²) in [4.78, 5) is 11.4. The number of carbonyl (C=O) groups excluding carboxylic acids is 1. The molecule has 0 aliphatic heterocycles. The van der Waals surface area contributed by atoms with E-state index in [1.807, 2.05) is 12.1 Å². The summed E-state index contributed by atoms with van der Waals surface area (Å²) < 4.78 is 17.2. The van der Waals surface area contributed by atoms with Gasteiger partial charge in [0.1, 0.15) is 11.5 Å². The molecule has 1 rings (SSSR count). The first-order valence-corrected chi connectivity index (χ1v) is 11.0. The maximum atomic E-state index is 11.4. The Morgan fingerprint density at radius 2 is 1.78 bits per heavy atom. The highest BCUT2D eigenvalue weighted by atomic mass is 79.9. The summed E-state index contributed by atoms with van der Waals surface area (Å²) in [5, 5.41) is 0.0722. The molecule has 0 N–H and O–H groups in total. The van der Waals surface area contributed by atoms with Crippen molar-refractivity contribution in [2.45, 2.75) is 38.9 Å². The molecule has 23 heavy (non-hydrogen) atoms. The van der Waals surface area contributed by atoms with Crippen LogP contribution in [0.3, 0.4) is 0 Å². The lowest BCUT2D eigenvalue weighted by atomic mass is 10.1. The third-order valence-corrected chi connectivity index (χ3v) is 9.02. The molecule has 0 spiro atoms. The molecular formula is C17H25BrO4Si. The third kappa shape index (κ3) is 5.11. The average molecular weight is 401 g/mol. The molecule has 0 saturated carbocycles. The summed E-state index contributed by atoms with van der Waals surface area (Å²) >= 11 is 3.49. The summed E-state index contributed by atoms with van der Waals surface area (Å²) in [5.41, 5.74) is 0.778. The molecule has 0 aliphatic carbocycles. The van der Waals surface area contributed by atoms with E-state index in [0.717, 1.165) is 15.8 Å². The molecule has 0 amide bonds. The second-order valence-electron chi connectivity index (χ2n) is 6.74. The van der Waals surface area contributed by atoms with Gasteiger partial charge in [-0.2, -0.15) is 0 Å². The van der Waals surface area contributed by atoms with Crippen molar-refractivity contribution < 1.29 is 18.7 Å². The van der Waals surface area contributed by atoms with Gasteiger partial charge in [-0.25, -0.2) is 4.79 Å². The zero-order valence-electron chi connectivity index (χ0n) is 14.8.